The van der Waals surface area contributed by atoms with Crippen LogP contribution in [0.4, 0.5) is 0 Å². The third-order valence-electron chi connectivity index (χ3n) is 3.08. The van der Waals surface area contributed by atoms with E-state index in [0.717, 1.165) is 19.4 Å². The number of hydrogen-bond donors (Lipinski definition) is 1. The number of amides is 1. The summed E-state index contributed by atoms with van der Waals surface area (Å²) in [6.07, 6.45) is 3.50. The molecule has 1 aromatic carbocycles. The fourth-order valence-electron chi connectivity index (χ4n) is 2.00. The maximum absolute atomic E-state index is 11.9. The molecular formula is C15H15ClN2O2. The second-order valence-electron chi connectivity index (χ2n) is 4.54. The third-order valence-corrected chi connectivity index (χ3v) is 3.43. The molecule has 5 heteroatoms. The Hall–Kier alpha value is -1.83. The van der Waals surface area contributed by atoms with Gasteiger partial charge >= 0.3 is 0 Å². The van der Waals surface area contributed by atoms with Crippen LogP contribution in [0.5, 0.6) is 0 Å². The molecule has 0 radical (unpaired) electrons. The van der Waals surface area contributed by atoms with E-state index >= 15 is 0 Å². The number of carbonyl (C=O) groups excluding carboxylic acids is 1. The zero-order chi connectivity index (χ0) is 14.4. The molecule has 0 aromatic heterocycles. The summed E-state index contributed by atoms with van der Waals surface area (Å²) in [6.45, 7) is 1.17. The van der Waals surface area contributed by atoms with E-state index in [1.807, 2.05) is 6.07 Å². The predicted octanol–water partition coefficient (Wildman–Crippen LogP) is 2.54. The summed E-state index contributed by atoms with van der Waals surface area (Å²) in [5.74, 6) is -0.400. The van der Waals surface area contributed by atoms with Gasteiger partial charge in [0.2, 0.25) is 0 Å². The first-order valence-electron chi connectivity index (χ1n) is 6.47. The molecule has 0 saturated carbocycles. The summed E-state index contributed by atoms with van der Waals surface area (Å²) in [4.78, 5) is 11.9. The number of ether oxygens (including phenoxy) is 1. The van der Waals surface area contributed by atoms with E-state index in [2.05, 4.69) is 5.32 Å². The molecule has 1 aliphatic heterocycles. The van der Waals surface area contributed by atoms with Crippen LogP contribution in [0.15, 0.2) is 29.8 Å². The normalized spacial score (nSPS) is 18.6. The highest BCUT2D eigenvalue weighted by Crippen LogP contribution is 2.18. The van der Waals surface area contributed by atoms with Gasteiger partial charge in [-0.3, -0.25) is 4.79 Å². The van der Waals surface area contributed by atoms with Crippen molar-refractivity contribution in [1.82, 2.24) is 5.32 Å². The van der Waals surface area contributed by atoms with Crippen LogP contribution in [-0.4, -0.2) is 25.2 Å². The second kappa shape index (κ2) is 7.09. The number of benzene rings is 1. The van der Waals surface area contributed by atoms with Gasteiger partial charge in [-0.25, -0.2) is 0 Å². The Kier molecular flexibility index (Phi) is 5.16. The minimum atomic E-state index is -0.400. The molecule has 0 spiro atoms. The number of carbonyl (C=O) groups is 1. The summed E-state index contributed by atoms with van der Waals surface area (Å²) in [5, 5.41) is 12.3. The molecule has 1 unspecified atom stereocenters. The minimum Gasteiger partial charge on any atom is -0.376 e. The van der Waals surface area contributed by atoms with E-state index in [-0.39, 0.29) is 11.7 Å². The van der Waals surface area contributed by atoms with Gasteiger partial charge in [0.05, 0.1) is 6.10 Å². The van der Waals surface area contributed by atoms with Crippen LogP contribution in [0.25, 0.3) is 6.08 Å². The van der Waals surface area contributed by atoms with Crippen molar-refractivity contribution in [2.45, 2.75) is 18.9 Å². The molecule has 20 heavy (non-hydrogen) atoms. The number of hydrogen-bond acceptors (Lipinski definition) is 3. The SMILES string of the molecule is N#C/C(=C\c1ccccc1Cl)C(=O)NCC1CCCO1. The van der Waals surface area contributed by atoms with Crippen LogP contribution < -0.4 is 5.32 Å². The fraction of sp³-hybridized carbons (Fsp3) is 0.333. The van der Waals surface area contributed by atoms with Crippen molar-refractivity contribution < 1.29 is 9.53 Å². The molecule has 1 aromatic rings. The highest BCUT2D eigenvalue weighted by Gasteiger charge is 2.17. The lowest BCUT2D eigenvalue weighted by atomic mass is 10.1. The van der Waals surface area contributed by atoms with Gasteiger partial charge in [0.1, 0.15) is 11.6 Å². The van der Waals surface area contributed by atoms with Crippen molar-refractivity contribution in [1.29, 1.82) is 5.26 Å². The molecule has 104 valence electrons. The van der Waals surface area contributed by atoms with Gasteiger partial charge < -0.3 is 10.1 Å². The Bertz CT molecular complexity index is 557. The fourth-order valence-corrected chi connectivity index (χ4v) is 2.19. The molecule has 0 bridgehead atoms. The average Bonchev–Trinajstić information content (AvgIpc) is 2.97. The lowest BCUT2D eigenvalue weighted by molar-refractivity contribution is -0.117. The Labute approximate surface area is 123 Å². The van der Waals surface area contributed by atoms with Gasteiger partial charge in [-0.1, -0.05) is 29.8 Å². The molecule has 2 rings (SSSR count). The average molecular weight is 291 g/mol. The number of nitriles is 1. The molecule has 0 aliphatic carbocycles. The predicted molar refractivity (Wildman–Crippen MR) is 77.0 cm³/mol. The monoisotopic (exact) mass is 290 g/mol. The minimum absolute atomic E-state index is 0.0381. The van der Waals surface area contributed by atoms with Crippen LogP contribution in [0, 0.1) is 11.3 Å². The summed E-state index contributed by atoms with van der Waals surface area (Å²) >= 11 is 6.00. The van der Waals surface area contributed by atoms with Gasteiger partial charge in [-0.2, -0.15) is 5.26 Å². The lowest BCUT2D eigenvalue weighted by Crippen LogP contribution is -2.32. The zero-order valence-electron chi connectivity index (χ0n) is 10.9. The summed E-state index contributed by atoms with van der Waals surface area (Å²) in [5.41, 5.74) is 0.689. The summed E-state index contributed by atoms with van der Waals surface area (Å²) in [6, 6.07) is 8.97. The maximum Gasteiger partial charge on any atom is 0.262 e. The molecule has 1 heterocycles. The van der Waals surface area contributed by atoms with Crippen molar-refractivity contribution in [3.05, 3.63) is 40.4 Å². The molecule has 1 fully saturated rings. The van der Waals surface area contributed by atoms with Gasteiger partial charge in [0.25, 0.3) is 5.91 Å². The molecule has 1 atom stereocenters. The quantitative estimate of drug-likeness (QED) is 0.685. The Morgan fingerprint density at radius 3 is 3.00 bits per heavy atom. The molecule has 1 amide bonds. The van der Waals surface area contributed by atoms with E-state index in [1.54, 1.807) is 24.3 Å². The van der Waals surface area contributed by atoms with E-state index < -0.39 is 5.91 Å². The number of nitrogens with one attached hydrogen (secondary N) is 1. The highest BCUT2D eigenvalue weighted by atomic mass is 35.5. The number of rotatable bonds is 4. The molecule has 1 N–H and O–H groups in total. The van der Waals surface area contributed by atoms with Crippen molar-refractivity contribution in [2.24, 2.45) is 0 Å². The first-order valence-corrected chi connectivity index (χ1v) is 6.84. The third kappa shape index (κ3) is 3.83. The van der Waals surface area contributed by atoms with Crippen LogP contribution >= 0.6 is 11.6 Å². The van der Waals surface area contributed by atoms with Crippen molar-refractivity contribution in [3.8, 4) is 6.07 Å². The summed E-state index contributed by atoms with van der Waals surface area (Å²) < 4.78 is 5.42. The molecular weight excluding hydrogens is 276 g/mol. The van der Waals surface area contributed by atoms with Gasteiger partial charge in [0, 0.05) is 18.2 Å². The van der Waals surface area contributed by atoms with Crippen LogP contribution in [0.1, 0.15) is 18.4 Å². The van der Waals surface area contributed by atoms with E-state index in [1.165, 1.54) is 6.08 Å². The van der Waals surface area contributed by atoms with E-state index in [4.69, 9.17) is 21.6 Å². The lowest BCUT2D eigenvalue weighted by Gasteiger charge is -2.10. The smallest absolute Gasteiger partial charge is 0.262 e. The zero-order valence-corrected chi connectivity index (χ0v) is 11.7. The second-order valence-corrected chi connectivity index (χ2v) is 4.94. The number of halogens is 1. The van der Waals surface area contributed by atoms with Crippen LogP contribution in [-0.2, 0) is 9.53 Å². The van der Waals surface area contributed by atoms with Crippen LogP contribution in [0.2, 0.25) is 5.02 Å². The molecule has 1 saturated heterocycles. The van der Waals surface area contributed by atoms with Crippen molar-refractivity contribution in [3.63, 3.8) is 0 Å². The van der Waals surface area contributed by atoms with Gasteiger partial charge in [0.15, 0.2) is 0 Å². The van der Waals surface area contributed by atoms with E-state index in [9.17, 15) is 4.79 Å². The van der Waals surface area contributed by atoms with Gasteiger partial charge in [-0.05, 0) is 30.5 Å². The first-order chi connectivity index (χ1) is 9.70. The number of nitrogens with zero attached hydrogens (tertiary/aromatic N) is 1. The largest absolute Gasteiger partial charge is 0.376 e. The highest BCUT2D eigenvalue weighted by molar-refractivity contribution is 6.32. The first kappa shape index (κ1) is 14.6. The van der Waals surface area contributed by atoms with Gasteiger partial charge in [-0.15, -0.1) is 0 Å². The Morgan fingerprint density at radius 2 is 2.35 bits per heavy atom. The van der Waals surface area contributed by atoms with Crippen molar-refractivity contribution in [2.75, 3.05) is 13.2 Å². The molecule has 4 nitrogen and oxygen atoms in total. The maximum atomic E-state index is 11.9. The van der Waals surface area contributed by atoms with E-state index in [0.29, 0.717) is 17.1 Å². The summed E-state index contributed by atoms with van der Waals surface area (Å²) in [7, 11) is 0. The topological polar surface area (TPSA) is 62.1 Å². The van der Waals surface area contributed by atoms with Crippen LogP contribution in [0.3, 0.4) is 0 Å². The Morgan fingerprint density at radius 1 is 1.55 bits per heavy atom. The van der Waals surface area contributed by atoms with Crippen molar-refractivity contribution >= 4 is 23.6 Å². The molecule has 1 aliphatic rings. The standard InChI is InChI=1S/C15H15ClN2O2/c16-14-6-2-1-4-11(14)8-12(9-17)15(19)18-10-13-5-3-7-20-13/h1-2,4,6,8,13H,3,5,7,10H2,(H,18,19)/b12-8+. The Balaban J connectivity index is 2.02.